The lowest BCUT2D eigenvalue weighted by molar-refractivity contribution is 0.0303. The van der Waals surface area contributed by atoms with Gasteiger partial charge >= 0.3 is 0 Å². The molecule has 1 aliphatic rings. The van der Waals surface area contributed by atoms with E-state index in [1.165, 1.54) is 0 Å². The number of nitrogens with one attached hydrogen (secondary N) is 1. The molecular weight excluding hydrogens is 242 g/mol. The molecule has 0 unspecified atom stereocenters. The van der Waals surface area contributed by atoms with Crippen molar-refractivity contribution in [1.82, 2.24) is 25.0 Å². The van der Waals surface area contributed by atoms with E-state index in [1.54, 1.807) is 0 Å². The maximum Gasteiger partial charge on any atom is 0.293 e. The number of amides is 1. The van der Waals surface area contributed by atoms with Gasteiger partial charge in [-0.3, -0.25) is 14.8 Å². The van der Waals surface area contributed by atoms with Crippen LogP contribution in [0.4, 0.5) is 0 Å². The third kappa shape index (κ3) is 2.94. The first-order chi connectivity index (χ1) is 8.94. The fourth-order valence-electron chi connectivity index (χ4n) is 2.29. The van der Waals surface area contributed by atoms with Gasteiger partial charge in [-0.1, -0.05) is 6.92 Å². The molecule has 1 aromatic heterocycles. The summed E-state index contributed by atoms with van der Waals surface area (Å²) >= 11 is 0. The van der Waals surface area contributed by atoms with Crippen LogP contribution in [0.1, 0.15) is 43.6 Å². The number of carbonyl (C=O) groups excluding carboxylic acids is 1. The number of carbonyl (C=O) groups is 1. The van der Waals surface area contributed by atoms with Gasteiger partial charge in [-0.2, -0.15) is 0 Å². The summed E-state index contributed by atoms with van der Waals surface area (Å²) in [6.07, 6.45) is 1.82. The molecule has 6 heteroatoms. The Bertz CT molecular complexity index is 454. The minimum atomic E-state index is -0.0696. The van der Waals surface area contributed by atoms with Crippen molar-refractivity contribution < 1.29 is 4.79 Å². The van der Waals surface area contributed by atoms with Crippen molar-refractivity contribution in [2.45, 2.75) is 39.2 Å². The highest BCUT2D eigenvalue weighted by Crippen LogP contribution is 2.19. The monoisotopic (exact) mass is 265 g/mol. The maximum atomic E-state index is 12.4. The molecule has 106 valence electrons. The summed E-state index contributed by atoms with van der Waals surface area (Å²) in [7, 11) is 2.09. The summed E-state index contributed by atoms with van der Waals surface area (Å²) in [6.45, 7) is 8.69. The SMILES string of the molecule is CCCc1nc(C(=O)N2CCN(C)C(C)(C)C2)n[nH]1. The highest BCUT2D eigenvalue weighted by atomic mass is 16.2. The Balaban J connectivity index is 2.07. The average molecular weight is 265 g/mol. The zero-order valence-corrected chi connectivity index (χ0v) is 12.2. The molecule has 0 aliphatic carbocycles. The molecule has 1 saturated heterocycles. The first kappa shape index (κ1) is 14.0. The lowest BCUT2D eigenvalue weighted by Gasteiger charge is -2.44. The van der Waals surface area contributed by atoms with Crippen LogP contribution in [0.5, 0.6) is 0 Å². The van der Waals surface area contributed by atoms with Crippen molar-refractivity contribution in [2.24, 2.45) is 0 Å². The third-order valence-corrected chi connectivity index (χ3v) is 3.81. The molecule has 1 aromatic rings. The number of rotatable bonds is 3. The van der Waals surface area contributed by atoms with Gasteiger partial charge in [0.15, 0.2) is 0 Å². The lowest BCUT2D eigenvalue weighted by Crippen LogP contribution is -2.59. The molecule has 6 nitrogen and oxygen atoms in total. The molecule has 0 radical (unpaired) electrons. The molecule has 19 heavy (non-hydrogen) atoms. The fourth-order valence-corrected chi connectivity index (χ4v) is 2.29. The number of aromatic nitrogens is 3. The van der Waals surface area contributed by atoms with Crippen LogP contribution >= 0.6 is 0 Å². The molecule has 1 N–H and O–H groups in total. The second kappa shape index (κ2) is 5.28. The fraction of sp³-hybridized carbons (Fsp3) is 0.769. The summed E-state index contributed by atoms with van der Waals surface area (Å²) < 4.78 is 0. The predicted molar refractivity (Wildman–Crippen MR) is 73.0 cm³/mol. The van der Waals surface area contributed by atoms with E-state index in [2.05, 4.69) is 47.9 Å². The van der Waals surface area contributed by atoms with E-state index >= 15 is 0 Å². The lowest BCUT2D eigenvalue weighted by atomic mass is 10.00. The molecule has 0 aromatic carbocycles. The zero-order valence-electron chi connectivity index (χ0n) is 12.2. The minimum Gasteiger partial charge on any atom is -0.333 e. The van der Waals surface area contributed by atoms with Gasteiger partial charge in [-0.25, -0.2) is 4.98 Å². The Morgan fingerprint density at radius 2 is 2.16 bits per heavy atom. The molecule has 2 rings (SSSR count). The first-order valence-electron chi connectivity index (χ1n) is 6.86. The number of aryl methyl sites for hydroxylation is 1. The highest BCUT2D eigenvalue weighted by molar-refractivity contribution is 5.90. The topological polar surface area (TPSA) is 65.1 Å². The molecule has 1 aliphatic heterocycles. The van der Waals surface area contributed by atoms with Gasteiger partial charge in [0.05, 0.1) is 0 Å². The smallest absolute Gasteiger partial charge is 0.293 e. The number of piperazine rings is 1. The van der Waals surface area contributed by atoms with E-state index in [0.717, 1.165) is 31.8 Å². The first-order valence-corrected chi connectivity index (χ1v) is 6.86. The third-order valence-electron chi connectivity index (χ3n) is 3.81. The van der Waals surface area contributed by atoms with Crippen LogP contribution in [0.15, 0.2) is 0 Å². The largest absolute Gasteiger partial charge is 0.333 e. The van der Waals surface area contributed by atoms with Crippen LogP contribution in [0.2, 0.25) is 0 Å². The standard InChI is InChI=1S/C13H23N5O/c1-5-6-10-14-11(16-15-10)12(19)18-8-7-17(4)13(2,3)9-18/h5-9H2,1-4H3,(H,14,15,16). The summed E-state index contributed by atoms with van der Waals surface area (Å²) in [4.78, 5) is 20.8. The average Bonchev–Trinajstić information content (AvgIpc) is 2.81. The van der Waals surface area contributed by atoms with Crippen LogP contribution in [-0.4, -0.2) is 63.1 Å². The van der Waals surface area contributed by atoms with Crippen molar-refractivity contribution in [2.75, 3.05) is 26.7 Å². The zero-order chi connectivity index (χ0) is 14.0. The minimum absolute atomic E-state index is 0.00351. The summed E-state index contributed by atoms with van der Waals surface area (Å²) in [5.74, 6) is 1.02. The van der Waals surface area contributed by atoms with Gasteiger partial charge in [0, 0.05) is 31.6 Å². The molecule has 0 atom stereocenters. The van der Waals surface area contributed by atoms with Crippen LogP contribution in [0, 0.1) is 0 Å². The molecule has 0 bridgehead atoms. The summed E-state index contributed by atoms with van der Waals surface area (Å²) in [6, 6.07) is 0. The molecule has 0 saturated carbocycles. The van der Waals surface area contributed by atoms with Crippen molar-refractivity contribution >= 4 is 5.91 Å². The number of hydrogen-bond donors (Lipinski definition) is 1. The molecule has 1 amide bonds. The Kier molecular flexibility index (Phi) is 3.89. The molecular formula is C13H23N5O. The Morgan fingerprint density at radius 3 is 2.79 bits per heavy atom. The quantitative estimate of drug-likeness (QED) is 0.882. The van der Waals surface area contributed by atoms with Gasteiger partial charge in [0.25, 0.3) is 5.91 Å². The summed E-state index contributed by atoms with van der Waals surface area (Å²) in [5.41, 5.74) is -0.00351. The summed E-state index contributed by atoms with van der Waals surface area (Å²) in [5, 5.41) is 6.87. The Morgan fingerprint density at radius 1 is 1.42 bits per heavy atom. The Hall–Kier alpha value is -1.43. The number of hydrogen-bond acceptors (Lipinski definition) is 4. The number of aromatic amines is 1. The van der Waals surface area contributed by atoms with Crippen molar-refractivity contribution in [3.8, 4) is 0 Å². The molecule has 2 heterocycles. The van der Waals surface area contributed by atoms with Gasteiger partial charge in [0.2, 0.25) is 5.82 Å². The van der Waals surface area contributed by atoms with Crippen LogP contribution in [0.25, 0.3) is 0 Å². The predicted octanol–water partition coefficient (Wildman–Crippen LogP) is 0.923. The maximum absolute atomic E-state index is 12.4. The van der Waals surface area contributed by atoms with Gasteiger partial charge in [-0.15, -0.1) is 5.10 Å². The van der Waals surface area contributed by atoms with Gasteiger partial charge < -0.3 is 4.90 Å². The van der Waals surface area contributed by atoms with E-state index in [4.69, 9.17) is 0 Å². The van der Waals surface area contributed by atoms with E-state index in [1.807, 2.05) is 4.90 Å². The number of H-pyrrole nitrogens is 1. The van der Waals surface area contributed by atoms with Crippen LogP contribution < -0.4 is 0 Å². The van der Waals surface area contributed by atoms with E-state index in [9.17, 15) is 4.79 Å². The van der Waals surface area contributed by atoms with Gasteiger partial charge in [0.1, 0.15) is 5.82 Å². The van der Waals surface area contributed by atoms with E-state index in [0.29, 0.717) is 12.4 Å². The second-order valence-corrected chi connectivity index (χ2v) is 5.82. The Labute approximate surface area is 114 Å². The normalized spacial score (nSPS) is 19.7. The molecule has 0 spiro atoms. The number of likely N-dealkylation sites (N-methyl/N-ethyl adjacent to an activating group) is 1. The van der Waals surface area contributed by atoms with Crippen molar-refractivity contribution in [3.05, 3.63) is 11.6 Å². The van der Waals surface area contributed by atoms with Crippen LogP contribution in [0.3, 0.4) is 0 Å². The van der Waals surface area contributed by atoms with E-state index < -0.39 is 0 Å². The van der Waals surface area contributed by atoms with Crippen molar-refractivity contribution in [1.29, 1.82) is 0 Å². The van der Waals surface area contributed by atoms with Crippen LogP contribution in [-0.2, 0) is 6.42 Å². The van der Waals surface area contributed by atoms with E-state index in [-0.39, 0.29) is 11.4 Å². The number of nitrogens with zero attached hydrogens (tertiary/aromatic N) is 4. The van der Waals surface area contributed by atoms with Gasteiger partial charge in [-0.05, 0) is 27.3 Å². The molecule has 1 fully saturated rings. The highest BCUT2D eigenvalue weighted by Gasteiger charge is 2.34. The van der Waals surface area contributed by atoms with Crippen molar-refractivity contribution in [3.63, 3.8) is 0 Å². The second-order valence-electron chi connectivity index (χ2n) is 5.82.